The second-order valence-corrected chi connectivity index (χ2v) is 8.17. The summed E-state index contributed by atoms with van der Waals surface area (Å²) >= 11 is 0. The molecule has 1 N–H and O–H groups in total. The Morgan fingerprint density at radius 1 is 1.04 bits per heavy atom. The molecule has 0 spiro atoms. The van der Waals surface area contributed by atoms with Gasteiger partial charge in [-0.15, -0.1) is 0 Å². The quantitative estimate of drug-likeness (QED) is 0.864. The average Bonchev–Trinajstić information content (AvgIpc) is 2.75. The third-order valence-electron chi connectivity index (χ3n) is 6.37. The second kappa shape index (κ2) is 8.60. The van der Waals surface area contributed by atoms with E-state index >= 15 is 0 Å². The lowest BCUT2D eigenvalue weighted by atomic mass is 9.78. The number of nitrogens with zero attached hydrogens (tertiary/aromatic N) is 2. The van der Waals surface area contributed by atoms with Gasteiger partial charge in [0, 0.05) is 39.8 Å². The van der Waals surface area contributed by atoms with E-state index in [2.05, 4.69) is 57.6 Å². The number of hydrogen-bond donors (Lipinski definition) is 1. The van der Waals surface area contributed by atoms with E-state index in [9.17, 15) is 4.79 Å². The molecule has 0 radical (unpaired) electrons. The van der Waals surface area contributed by atoms with E-state index in [-0.39, 0.29) is 5.41 Å². The third kappa shape index (κ3) is 3.93. The number of piperazine rings is 1. The molecule has 1 amide bonds. The standard InChI is InChI=1S/C23H31N3O2/c1-28-18-23(9-11-24-12-10-23)22(27)26-15-13-25(14-16-26)17-20-7-4-6-19-5-2-3-8-21(19)20/h2-8,24H,9-18H2,1H3. The van der Waals surface area contributed by atoms with Gasteiger partial charge in [-0.05, 0) is 42.3 Å². The molecule has 0 unspecified atom stereocenters. The summed E-state index contributed by atoms with van der Waals surface area (Å²) in [6.45, 7) is 6.74. The van der Waals surface area contributed by atoms with Crippen molar-refractivity contribution in [2.75, 3.05) is 53.0 Å². The van der Waals surface area contributed by atoms with Crippen molar-refractivity contribution in [2.45, 2.75) is 19.4 Å². The molecule has 2 fully saturated rings. The first-order valence-corrected chi connectivity index (χ1v) is 10.4. The molecule has 0 aliphatic carbocycles. The van der Waals surface area contributed by atoms with Crippen LogP contribution in [0.4, 0.5) is 0 Å². The molecule has 2 aliphatic rings. The van der Waals surface area contributed by atoms with Crippen LogP contribution in [0.5, 0.6) is 0 Å². The molecule has 5 heteroatoms. The summed E-state index contributed by atoms with van der Waals surface area (Å²) in [5, 5.41) is 5.99. The maximum atomic E-state index is 13.3. The molecule has 2 aliphatic heterocycles. The van der Waals surface area contributed by atoms with Gasteiger partial charge in [-0.3, -0.25) is 9.69 Å². The van der Waals surface area contributed by atoms with Gasteiger partial charge < -0.3 is 15.0 Å². The van der Waals surface area contributed by atoms with E-state index in [0.717, 1.165) is 58.7 Å². The van der Waals surface area contributed by atoms with E-state index in [4.69, 9.17) is 4.74 Å². The highest BCUT2D eigenvalue weighted by molar-refractivity contribution is 5.85. The lowest BCUT2D eigenvalue weighted by Gasteiger charge is -2.42. The molecule has 0 saturated carbocycles. The minimum absolute atomic E-state index is 0.292. The largest absolute Gasteiger partial charge is 0.384 e. The van der Waals surface area contributed by atoms with Gasteiger partial charge in [-0.2, -0.15) is 0 Å². The van der Waals surface area contributed by atoms with E-state index < -0.39 is 0 Å². The fourth-order valence-corrected chi connectivity index (χ4v) is 4.72. The van der Waals surface area contributed by atoms with Crippen molar-refractivity contribution in [3.8, 4) is 0 Å². The van der Waals surface area contributed by atoms with Crippen LogP contribution in [-0.2, 0) is 16.1 Å². The monoisotopic (exact) mass is 381 g/mol. The Labute approximate surface area is 167 Å². The summed E-state index contributed by atoms with van der Waals surface area (Å²) in [5.74, 6) is 0.292. The Morgan fingerprint density at radius 2 is 1.75 bits per heavy atom. The number of piperidine rings is 1. The van der Waals surface area contributed by atoms with E-state index in [1.165, 1.54) is 16.3 Å². The molecular formula is C23H31N3O2. The topological polar surface area (TPSA) is 44.8 Å². The van der Waals surface area contributed by atoms with E-state index in [0.29, 0.717) is 12.5 Å². The summed E-state index contributed by atoms with van der Waals surface area (Å²) < 4.78 is 5.45. The van der Waals surface area contributed by atoms with Crippen molar-refractivity contribution in [1.29, 1.82) is 0 Å². The van der Waals surface area contributed by atoms with Crippen LogP contribution >= 0.6 is 0 Å². The summed E-state index contributed by atoms with van der Waals surface area (Å²) in [4.78, 5) is 17.8. The van der Waals surface area contributed by atoms with Gasteiger partial charge in [0.2, 0.25) is 5.91 Å². The first kappa shape index (κ1) is 19.4. The van der Waals surface area contributed by atoms with Crippen molar-refractivity contribution in [3.05, 3.63) is 48.0 Å². The zero-order valence-electron chi connectivity index (χ0n) is 16.8. The van der Waals surface area contributed by atoms with Gasteiger partial charge in [0.25, 0.3) is 0 Å². The van der Waals surface area contributed by atoms with Crippen molar-refractivity contribution in [3.63, 3.8) is 0 Å². The Balaban J connectivity index is 1.39. The van der Waals surface area contributed by atoms with E-state index in [1.54, 1.807) is 7.11 Å². The van der Waals surface area contributed by atoms with Gasteiger partial charge in [0.05, 0.1) is 12.0 Å². The van der Waals surface area contributed by atoms with Crippen molar-refractivity contribution in [2.24, 2.45) is 5.41 Å². The summed E-state index contributed by atoms with van der Waals surface area (Å²) in [6, 6.07) is 15.1. The molecule has 2 aromatic rings. The molecule has 2 aromatic carbocycles. The number of ether oxygens (including phenoxy) is 1. The number of nitrogens with one attached hydrogen (secondary N) is 1. The molecule has 0 atom stereocenters. The Hall–Kier alpha value is -1.95. The summed E-state index contributed by atoms with van der Waals surface area (Å²) in [7, 11) is 1.71. The summed E-state index contributed by atoms with van der Waals surface area (Å²) in [5.41, 5.74) is 1.03. The van der Waals surface area contributed by atoms with Crippen LogP contribution in [0.1, 0.15) is 18.4 Å². The molecule has 150 valence electrons. The van der Waals surface area contributed by atoms with E-state index in [1.807, 2.05) is 0 Å². The van der Waals surface area contributed by atoms with Gasteiger partial charge in [-0.25, -0.2) is 0 Å². The molecule has 2 saturated heterocycles. The highest BCUT2D eigenvalue weighted by Crippen LogP contribution is 2.32. The zero-order chi connectivity index (χ0) is 19.4. The Kier molecular flexibility index (Phi) is 5.95. The van der Waals surface area contributed by atoms with Crippen LogP contribution in [-0.4, -0.2) is 68.7 Å². The van der Waals surface area contributed by atoms with Gasteiger partial charge in [0.1, 0.15) is 0 Å². The molecule has 0 bridgehead atoms. The normalized spacial score (nSPS) is 20.4. The van der Waals surface area contributed by atoms with Crippen LogP contribution in [0.15, 0.2) is 42.5 Å². The SMILES string of the molecule is COCC1(C(=O)N2CCN(Cc3cccc4ccccc34)CC2)CCNCC1. The van der Waals surface area contributed by atoms with Crippen LogP contribution in [0.2, 0.25) is 0 Å². The lowest BCUT2D eigenvalue weighted by molar-refractivity contribution is -0.149. The Bertz CT molecular complexity index is 798. The number of amides is 1. The number of fused-ring (bicyclic) bond motifs is 1. The van der Waals surface area contributed by atoms with Crippen LogP contribution in [0.3, 0.4) is 0 Å². The molecule has 4 rings (SSSR count). The minimum Gasteiger partial charge on any atom is -0.384 e. The first-order chi connectivity index (χ1) is 13.7. The number of methoxy groups -OCH3 is 1. The number of carbonyl (C=O) groups excluding carboxylic acids is 1. The fraction of sp³-hybridized carbons (Fsp3) is 0.522. The maximum Gasteiger partial charge on any atom is 0.231 e. The van der Waals surface area contributed by atoms with Gasteiger partial charge >= 0.3 is 0 Å². The predicted octanol–water partition coefficient (Wildman–Crippen LogP) is 2.50. The van der Waals surface area contributed by atoms with Gasteiger partial charge in [0.15, 0.2) is 0 Å². The number of hydrogen-bond acceptors (Lipinski definition) is 4. The lowest BCUT2D eigenvalue weighted by Crippen LogP contribution is -2.56. The molecule has 5 nitrogen and oxygen atoms in total. The predicted molar refractivity (Wildman–Crippen MR) is 112 cm³/mol. The fourth-order valence-electron chi connectivity index (χ4n) is 4.72. The van der Waals surface area contributed by atoms with Crippen molar-refractivity contribution < 1.29 is 9.53 Å². The number of carbonyl (C=O) groups is 1. The van der Waals surface area contributed by atoms with Crippen molar-refractivity contribution >= 4 is 16.7 Å². The molecule has 2 heterocycles. The molecule has 0 aromatic heterocycles. The maximum absolute atomic E-state index is 13.3. The minimum atomic E-state index is -0.336. The second-order valence-electron chi connectivity index (χ2n) is 8.17. The smallest absolute Gasteiger partial charge is 0.231 e. The van der Waals surface area contributed by atoms with Gasteiger partial charge in [-0.1, -0.05) is 42.5 Å². The average molecular weight is 382 g/mol. The Morgan fingerprint density at radius 3 is 2.50 bits per heavy atom. The highest BCUT2D eigenvalue weighted by Gasteiger charge is 2.42. The third-order valence-corrected chi connectivity index (χ3v) is 6.37. The number of rotatable bonds is 5. The zero-order valence-corrected chi connectivity index (χ0v) is 16.8. The van der Waals surface area contributed by atoms with Crippen molar-refractivity contribution in [1.82, 2.24) is 15.1 Å². The van der Waals surface area contributed by atoms with Crippen LogP contribution in [0.25, 0.3) is 10.8 Å². The van der Waals surface area contributed by atoms with Crippen LogP contribution < -0.4 is 5.32 Å². The number of benzene rings is 2. The molecular weight excluding hydrogens is 350 g/mol. The highest BCUT2D eigenvalue weighted by atomic mass is 16.5. The molecule has 28 heavy (non-hydrogen) atoms. The van der Waals surface area contributed by atoms with Crippen LogP contribution in [0, 0.1) is 5.41 Å². The summed E-state index contributed by atoms with van der Waals surface area (Å²) in [6.07, 6.45) is 1.74. The first-order valence-electron chi connectivity index (χ1n) is 10.4.